The van der Waals surface area contributed by atoms with E-state index < -0.39 is 5.82 Å². The fraction of sp³-hybridized carbons (Fsp3) is 0.333. The molecule has 1 aliphatic rings. The molecule has 3 rings (SSSR count). The van der Waals surface area contributed by atoms with E-state index >= 15 is 0 Å². The summed E-state index contributed by atoms with van der Waals surface area (Å²) in [4.78, 5) is 28.9. The predicted octanol–water partition coefficient (Wildman–Crippen LogP) is 2.73. The van der Waals surface area contributed by atoms with Gasteiger partial charge in [0.2, 0.25) is 0 Å². The molecule has 1 aromatic heterocycles. The molecule has 1 N–H and O–H groups in total. The maximum absolute atomic E-state index is 13.9. The normalized spacial score (nSPS) is 15.1. The molecule has 2 heterocycles. The smallest absolute Gasteiger partial charge is 0.261 e. The van der Waals surface area contributed by atoms with Gasteiger partial charge < -0.3 is 10.2 Å². The van der Waals surface area contributed by atoms with Crippen LogP contribution in [0.1, 0.15) is 20.0 Å². The number of amides is 2. The van der Waals surface area contributed by atoms with Gasteiger partial charge in [0.15, 0.2) is 0 Å². The van der Waals surface area contributed by atoms with Crippen LogP contribution < -0.4 is 5.32 Å². The lowest BCUT2D eigenvalue weighted by Gasteiger charge is -2.34. The Bertz CT molecular complexity index is 756. The van der Waals surface area contributed by atoms with E-state index in [1.54, 1.807) is 11.0 Å². The molecule has 1 aliphatic heterocycles. The third-order valence-corrected chi connectivity index (χ3v) is 5.48. The fourth-order valence-corrected chi connectivity index (χ4v) is 3.74. The van der Waals surface area contributed by atoms with Crippen LogP contribution in [0.15, 0.2) is 35.7 Å². The minimum atomic E-state index is -0.596. The number of hydrogen-bond acceptors (Lipinski definition) is 4. The molecule has 1 fully saturated rings. The van der Waals surface area contributed by atoms with Gasteiger partial charge in [-0.3, -0.25) is 14.5 Å². The van der Waals surface area contributed by atoms with Crippen molar-refractivity contribution in [3.05, 3.63) is 57.0 Å². The summed E-state index contributed by atoms with van der Waals surface area (Å²) in [5.74, 6) is -1.04. The number of carbonyl (C=O) groups is 2. The van der Waals surface area contributed by atoms with E-state index in [2.05, 4.69) is 10.2 Å². The summed E-state index contributed by atoms with van der Waals surface area (Å²) in [6.45, 7) is 3.60. The number of halogens is 2. The Morgan fingerprint density at radius 2 is 1.92 bits per heavy atom. The fourth-order valence-electron chi connectivity index (χ4n) is 2.86. The number of thiophene rings is 1. The first-order valence-corrected chi connectivity index (χ1v) is 9.59. The van der Waals surface area contributed by atoms with Crippen LogP contribution in [0.25, 0.3) is 0 Å². The van der Waals surface area contributed by atoms with E-state index in [0.717, 1.165) is 0 Å². The number of nitrogens with one attached hydrogen (secondary N) is 1. The second-order valence-electron chi connectivity index (χ2n) is 5.96. The number of carbonyl (C=O) groups excluding carboxylic acids is 2. The van der Waals surface area contributed by atoms with E-state index in [0.29, 0.717) is 44.1 Å². The van der Waals surface area contributed by atoms with E-state index in [1.165, 1.54) is 29.5 Å². The van der Waals surface area contributed by atoms with Crippen LogP contribution in [-0.2, 0) is 0 Å². The Balaban J connectivity index is 1.45. The van der Waals surface area contributed by atoms with Gasteiger partial charge in [-0.2, -0.15) is 0 Å². The molecule has 5 nitrogen and oxygen atoms in total. The molecule has 0 atom stereocenters. The van der Waals surface area contributed by atoms with E-state index in [1.807, 2.05) is 11.4 Å². The van der Waals surface area contributed by atoms with E-state index in [9.17, 15) is 14.0 Å². The van der Waals surface area contributed by atoms with Gasteiger partial charge in [0.1, 0.15) is 5.82 Å². The van der Waals surface area contributed by atoms with Crippen LogP contribution >= 0.6 is 22.9 Å². The monoisotopic (exact) mass is 395 g/mol. The average Bonchev–Trinajstić information content (AvgIpc) is 3.17. The van der Waals surface area contributed by atoms with Gasteiger partial charge in [-0.1, -0.05) is 23.7 Å². The second-order valence-corrected chi connectivity index (χ2v) is 7.32. The molecule has 8 heteroatoms. The summed E-state index contributed by atoms with van der Waals surface area (Å²) in [7, 11) is 0. The molecule has 1 saturated heterocycles. The molecular formula is C18H19ClFN3O2S. The van der Waals surface area contributed by atoms with Crippen molar-refractivity contribution in [2.75, 3.05) is 39.3 Å². The largest absolute Gasteiger partial charge is 0.350 e. The summed E-state index contributed by atoms with van der Waals surface area (Å²) in [6.07, 6.45) is 0. The molecule has 0 saturated carbocycles. The van der Waals surface area contributed by atoms with Crippen LogP contribution in [0, 0.1) is 5.82 Å². The topological polar surface area (TPSA) is 52.7 Å². The molecule has 0 aliphatic carbocycles. The zero-order valence-electron chi connectivity index (χ0n) is 14.1. The highest BCUT2D eigenvalue weighted by Crippen LogP contribution is 2.21. The van der Waals surface area contributed by atoms with Crippen molar-refractivity contribution in [2.45, 2.75) is 0 Å². The van der Waals surface area contributed by atoms with Gasteiger partial charge >= 0.3 is 0 Å². The summed E-state index contributed by atoms with van der Waals surface area (Å²) in [6, 6.07) is 7.88. The molecule has 2 aromatic rings. The van der Waals surface area contributed by atoms with Crippen LogP contribution in [0.2, 0.25) is 5.02 Å². The van der Waals surface area contributed by atoms with Crippen molar-refractivity contribution in [1.82, 2.24) is 15.1 Å². The molecule has 0 radical (unpaired) electrons. The molecule has 138 valence electrons. The minimum absolute atomic E-state index is 0.0640. The third-order valence-electron chi connectivity index (χ3n) is 4.29. The standard InChI is InChI=1S/C18H19ClFN3O2S/c19-13-3-1-4-14(20)16(13)18(25)23-10-8-22(9-11-23)7-6-21-17(24)15-5-2-12-26-15/h1-5,12H,6-11H2,(H,21,24). The number of benzene rings is 1. The number of hydrogen-bond donors (Lipinski definition) is 1. The van der Waals surface area contributed by atoms with E-state index in [-0.39, 0.29) is 22.4 Å². The zero-order chi connectivity index (χ0) is 18.5. The molecule has 1 aromatic carbocycles. The van der Waals surface area contributed by atoms with Gasteiger partial charge in [0.05, 0.1) is 15.5 Å². The lowest BCUT2D eigenvalue weighted by molar-refractivity contribution is 0.0633. The van der Waals surface area contributed by atoms with Crippen LogP contribution in [-0.4, -0.2) is 60.9 Å². The number of nitrogens with zero attached hydrogens (tertiary/aromatic N) is 2. The van der Waals surface area contributed by atoms with Crippen molar-refractivity contribution in [1.29, 1.82) is 0 Å². The van der Waals surface area contributed by atoms with Gasteiger partial charge in [0.25, 0.3) is 11.8 Å². The average molecular weight is 396 g/mol. The van der Waals surface area contributed by atoms with Crippen LogP contribution in [0.3, 0.4) is 0 Å². The van der Waals surface area contributed by atoms with Gasteiger partial charge in [-0.15, -0.1) is 11.3 Å². The van der Waals surface area contributed by atoms with Crippen molar-refractivity contribution >= 4 is 34.8 Å². The summed E-state index contributed by atoms with van der Waals surface area (Å²) in [5, 5.41) is 4.89. The van der Waals surface area contributed by atoms with Crippen LogP contribution in [0.4, 0.5) is 4.39 Å². The van der Waals surface area contributed by atoms with Crippen molar-refractivity contribution in [3.63, 3.8) is 0 Å². The van der Waals surface area contributed by atoms with Gasteiger partial charge in [0, 0.05) is 39.3 Å². The summed E-state index contributed by atoms with van der Waals surface area (Å²) in [5.41, 5.74) is -0.0640. The molecule has 0 spiro atoms. The maximum atomic E-state index is 13.9. The Hall–Kier alpha value is -1.96. The number of piperazine rings is 1. The van der Waals surface area contributed by atoms with Crippen molar-refractivity contribution in [2.24, 2.45) is 0 Å². The summed E-state index contributed by atoms with van der Waals surface area (Å²) < 4.78 is 13.9. The second kappa shape index (κ2) is 8.62. The Labute approximate surface area is 160 Å². The first-order valence-electron chi connectivity index (χ1n) is 8.33. The highest BCUT2D eigenvalue weighted by Gasteiger charge is 2.25. The molecule has 0 unspecified atom stereocenters. The molecule has 0 bridgehead atoms. The SMILES string of the molecule is O=C(NCCN1CCN(C(=O)c2c(F)cccc2Cl)CC1)c1cccs1. The lowest BCUT2D eigenvalue weighted by atomic mass is 10.1. The first kappa shape index (κ1) is 18.8. The summed E-state index contributed by atoms with van der Waals surface area (Å²) >= 11 is 7.38. The zero-order valence-corrected chi connectivity index (χ0v) is 15.7. The molecular weight excluding hydrogens is 377 g/mol. The third kappa shape index (κ3) is 4.41. The van der Waals surface area contributed by atoms with Crippen molar-refractivity contribution in [3.8, 4) is 0 Å². The van der Waals surface area contributed by atoms with Gasteiger partial charge in [-0.05, 0) is 23.6 Å². The number of rotatable bonds is 5. The maximum Gasteiger partial charge on any atom is 0.261 e. The molecule has 2 amide bonds. The Kier molecular flexibility index (Phi) is 6.24. The highest BCUT2D eigenvalue weighted by molar-refractivity contribution is 7.12. The predicted molar refractivity (Wildman–Crippen MR) is 100 cm³/mol. The Morgan fingerprint density at radius 1 is 1.15 bits per heavy atom. The van der Waals surface area contributed by atoms with E-state index in [4.69, 9.17) is 11.6 Å². The van der Waals surface area contributed by atoms with Crippen molar-refractivity contribution < 1.29 is 14.0 Å². The van der Waals surface area contributed by atoms with Crippen LogP contribution in [0.5, 0.6) is 0 Å². The lowest BCUT2D eigenvalue weighted by Crippen LogP contribution is -2.50. The first-order chi connectivity index (χ1) is 12.6. The van der Waals surface area contributed by atoms with Gasteiger partial charge in [-0.25, -0.2) is 4.39 Å². The Morgan fingerprint density at radius 3 is 2.58 bits per heavy atom. The minimum Gasteiger partial charge on any atom is -0.350 e. The molecule has 26 heavy (non-hydrogen) atoms. The quantitative estimate of drug-likeness (QED) is 0.846. The highest BCUT2D eigenvalue weighted by atomic mass is 35.5.